The van der Waals surface area contributed by atoms with Gasteiger partial charge in [-0.05, 0) is 69.8 Å². The molecular formula is C53H37N3O. The van der Waals surface area contributed by atoms with Gasteiger partial charge in [-0.25, -0.2) is 4.99 Å². The average Bonchev–Trinajstić information content (AvgIpc) is 3.72. The molecule has 0 bridgehead atoms. The van der Waals surface area contributed by atoms with Crippen LogP contribution in [-0.4, -0.2) is 17.6 Å². The summed E-state index contributed by atoms with van der Waals surface area (Å²) in [5, 5.41) is 2.20. The molecule has 7 aromatic carbocycles. The summed E-state index contributed by atoms with van der Waals surface area (Å²) in [6.07, 6.45) is 11.4. The summed E-state index contributed by atoms with van der Waals surface area (Å²) in [5.74, 6) is 0.879. The second-order valence-corrected chi connectivity index (χ2v) is 14.9. The third-order valence-electron chi connectivity index (χ3n) is 11.5. The van der Waals surface area contributed by atoms with Gasteiger partial charge in [0.1, 0.15) is 11.2 Å². The van der Waals surface area contributed by atoms with Crippen LogP contribution >= 0.6 is 0 Å². The highest BCUT2D eigenvalue weighted by molar-refractivity contribution is 6.18. The summed E-state index contributed by atoms with van der Waals surface area (Å²) >= 11 is 0. The molecule has 4 nitrogen and oxygen atoms in total. The van der Waals surface area contributed by atoms with Crippen LogP contribution in [0.4, 0.5) is 11.4 Å². The van der Waals surface area contributed by atoms with Gasteiger partial charge in [-0.15, -0.1) is 0 Å². The third kappa shape index (κ3) is 5.85. The number of fused-ring (bicyclic) bond motifs is 6. The Bertz CT molecular complexity index is 2960. The highest BCUT2D eigenvalue weighted by Crippen LogP contribution is 2.52. The van der Waals surface area contributed by atoms with E-state index in [0.717, 1.165) is 50.0 Å². The van der Waals surface area contributed by atoms with Gasteiger partial charge in [-0.1, -0.05) is 170 Å². The van der Waals surface area contributed by atoms with Crippen LogP contribution in [0.25, 0.3) is 38.6 Å². The standard InChI is InChI=1S/C53H37N3O/c1-5-14-35(15-6-1)39-25-30-47-43(32-39)44-33-40(36-16-7-2-8-17-36)26-31-48(44)56(47)49-22-13-23-50-52(49)42-27-24-41(34-51(42)57-50)46-29-28-45(37-18-9-3-10-19-37)54-53(55-46)38-20-11-4-12-21-38/h1-34,43,46-47H. The van der Waals surface area contributed by atoms with Gasteiger partial charge in [-0.2, -0.15) is 0 Å². The van der Waals surface area contributed by atoms with E-state index in [0.29, 0.717) is 5.84 Å². The van der Waals surface area contributed by atoms with Crippen molar-refractivity contribution in [3.8, 4) is 11.1 Å². The molecule has 1 aromatic heterocycles. The van der Waals surface area contributed by atoms with E-state index < -0.39 is 0 Å². The Labute approximate surface area is 331 Å². The lowest BCUT2D eigenvalue weighted by molar-refractivity contribution is 0.667. The lowest BCUT2D eigenvalue weighted by Crippen LogP contribution is -2.29. The van der Waals surface area contributed by atoms with Crippen LogP contribution in [0.5, 0.6) is 0 Å². The van der Waals surface area contributed by atoms with Crippen molar-refractivity contribution < 1.29 is 4.42 Å². The van der Waals surface area contributed by atoms with Crippen molar-refractivity contribution in [3.63, 3.8) is 0 Å². The molecular weight excluding hydrogens is 695 g/mol. The number of hydrogen-bond acceptors (Lipinski definition) is 4. The van der Waals surface area contributed by atoms with Crippen LogP contribution < -0.4 is 4.90 Å². The van der Waals surface area contributed by atoms with Crippen LogP contribution in [0.3, 0.4) is 0 Å². The fourth-order valence-corrected chi connectivity index (χ4v) is 8.74. The minimum absolute atomic E-state index is 0.106. The van der Waals surface area contributed by atoms with Gasteiger partial charge < -0.3 is 9.32 Å². The maximum absolute atomic E-state index is 6.74. The third-order valence-corrected chi connectivity index (χ3v) is 11.5. The summed E-state index contributed by atoms with van der Waals surface area (Å²) < 4.78 is 6.74. The molecule has 3 unspecified atom stereocenters. The van der Waals surface area contributed by atoms with E-state index in [2.05, 4.69) is 175 Å². The average molecular weight is 732 g/mol. The molecule has 4 heteroatoms. The largest absolute Gasteiger partial charge is 0.456 e. The van der Waals surface area contributed by atoms with E-state index in [1.54, 1.807) is 0 Å². The number of nitrogens with zero attached hydrogens (tertiary/aromatic N) is 3. The quantitative estimate of drug-likeness (QED) is 0.171. The molecule has 8 aromatic rings. The first-order chi connectivity index (χ1) is 28.2. The van der Waals surface area contributed by atoms with E-state index in [1.807, 2.05) is 36.4 Å². The number of hydrogen-bond donors (Lipinski definition) is 0. The molecule has 1 aliphatic carbocycles. The molecule has 0 spiro atoms. The van der Waals surface area contributed by atoms with Crippen molar-refractivity contribution in [1.82, 2.24) is 0 Å². The minimum Gasteiger partial charge on any atom is -0.456 e. The molecule has 270 valence electrons. The maximum atomic E-state index is 6.74. The van der Waals surface area contributed by atoms with Gasteiger partial charge in [-0.3, -0.25) is 4.99 Å². The minimum atomic E-state index is -0.245. The molecule has 2 aliphatic heterocycles. The Morgan fingerprint density at radius 3 is 1.96 bits per heavy atom. The molecule has 0 radical (unpaired) electrons. The van der Waals surface area contributed by atoms with Crippen molar-refractivity contribution >= 4 is 50.4 Å². The molecule has 0 N–H and O–H groups in total. The Morgan fingerprint density at radius 1 is 0.509 bits per heavy atom. The summed E-state index contributed by atoms with van der Waals surface area (Å²) in [6.45, 7) is 0. The Morgan fingerprint density at radius 2 is 1.21 bits per heavy atom. The number of rotatable bonds is 6. The number of anilines is 2. The monoisotopic (exact) mass is 731 g/mol. The molecule has 0 fully saturated rings. The van der Waals surface area contributed by atoms with Crippen LogP contribution in [-0.2, 0) is 0 Å². The number of aliphatic imine (C=N–C) groups is 2. The topological polar surface area (TPSA) is 41.1 Å². The molecule has 0 saturated carbocycles. The smallest absolute Gasteiger partial charge is 0.156 e. The van der Waals surface area contributed by atoms with Crippen molar-refractivity contribution in [3.05, 3.63) is 234 Å². The molecule has 3 aliphatic rings. The van der Waals surface area contributed by atoms with Crippen LogP contribution in [0.15, 0.2) is 221 Å². The van der Waals surface area contributed by atoms with E-state index in [9.17, 15) is 0 Å². The number of furan rings is 1. The van der Waals surface area contributed by atoms with Crippen LogP contribution in [0, 0.1) is 0 Å². The van der Waals surface area contributed by atoms with Gasteiger partial charge >= 0.3 is 0 Å². The van der Waals surface area contributed by atoms with Gasteiger partial charge in [0.05, 0.1) is 28.9 Å². The second kappa shape index (κ2) is 13.8. The zero-order chi connectivity index (χ0) is 37.7. The van der Waals surface area contributed by atoms with Crippen molar-refractivity contribution in [2.24, 2.45) is 9.98 Å². The number of allylic oxidation sites excluding steroid dienone is 3. The Balaban J connectivity index is 1.02. The zero-order valence-corrected chi connectivity index (χ0v) is 31.1. The molecule has 3 heterocycles. The SMILES string of the molecule is C1=CC2C(C=C1c1ccccc1)c1cc(-c3ccccc3)ccc1N2c1cccc2oc3cc(C4C=CC(c5ccccc5)=NC(c5ccccc5)=N4)ccc3c12. The van der Waals surface area contributed by atoms with Crippen molar-refractivity contribution in [2.45, 2.75) is 18.0 Å². The summed E-state index contributed by atoms with van der Waals surface area (Å²) in [5.41, 5.74) is 14.3. The zero-order valence-electron chi connectivity index (χ0n) is 31.1. The summed E-state index contributed by atoms with van der Waals surface area (Å²) in [4.78, 5) is 12.9. The maximum Gasteiger partial charge on any atom is 0.156 e. The summed E-state index contributed by atoms with van der Waals surface area (Å²) in [7, 11) is 0. The van der Waals surface area contributed by atoms with E-state index in [4.69, 9.17) is 14.4 Å². The number of amidine groups is 1. The van der Waals surface area contributed by atoms with Crippen LogP contribution in [0.2, 0.25) is 0 Å². The van der Waals surface area contributed by atoms with E-state index in [-0.39, 0.29) is 18.0 Å². The van der Waals surface area contributed by atoms with Crippen molar-refractivity contribution in [1.29, 1.82) is 0 Å². The summed E-state index contributed by atoms with van der Waals surface area (Å²) in [6, 6.07) is 61.8. The number of benzene rings is 7. The highest BCUT2D eigenvalue weighted by Gasteiger charge is 2.39. The molecule has 11 rings (SSSR count). The lowest BCUT2D eigenvalue weighted by atomic mass is 9.85. The van der Waals surface area contributed by atoms with Crippen LogP contribution in [0.1, 0.15) is 39.8 Å². The fourth-order valence-electron chi connectivity index (χ4n) is 8.74. The molecule has 3 atom stereocenters. The van der Waals surface area contributed by atoms with E-state index >= 15 is 0 Å². The normalized spacial score (nSPS) is 18.5. The van der Waals surface area contributed by atoms with Gasteiger partial charge in [0.25, 0.3) is 0 Å². The molecule has 0 amide bonds. The fraction of sp³-hybridized carbons (Fsp3) is 0.0566. The lowest BCUT2D eigenvalue weighted by Gasteiger charge is -2.30. The molecule has 0 saturated heterocycles. The predicted molar refractivity (Wildman–Crippen MR) is 236 cm³/mol. The van der Waals surface area contributed by atoms with E-state index in [1.165, 1.54) is 33.5 Å². The van der Waals surface area contributed by atoms with Crippen molar-refractivity contribution in [2.75, 3.05) is 4.90 Å². The first-order valence-corrected chi connectivity index (χ1v) is 19.6. The predicted octanol–water partition coefficient (Wildman–Crippen LogP) is 13.1. The van der Waals surface area contributed by atoms with Gasteiger partial charge in [0, 0.05) is 28.1 Å². The highest BCUT2D eigenvalue weighted by atomic mass is 16.3. The van der Waals surface area contributed by atoms with Gasteiger partial charge in [0.15, 0.2) is 5.84 Å². The first kappa shape index (κ1) is 33.1. The second-order valence-electron chi connectivity index (χ2n) is 14.9. The Kier molecular flexibility index (Phi) is 7.99. The first-order valence-electron chi connectivity index (χ1n) is 19.6. The Hall–Kier alpha value is -7.30. The molecule has 57 heavy (non-hydrogen) atoms. The van der Waals surface area contributed by atoms with Gasteiger partial charge in [0.2, 0.25) is 0 Å².